The summed E-state index contributed by atoms with van der Waals surface area (Å²) >= 11 is 1.41. The molecule has 1 amide bonds. The standard InChI is InChI=1S/C11H19NO2S/c1-9(13)12-6-3-11(4-7-12)5-8-15-10(2)14/h11H,3-8H2,1-2H3. The Morgan fingerprint density at radius 2 is 1.87 bits per heavy atom. The molecular weight excluding hydrogens is 210 g/mol. The molecule has 1 rings (SSSR count). The smallest absolute Gasteiger partial charge is 0.219 e. The summed E-state index contributed by atoms with van der Waals surface area (Å²) in [6.45, 7) is 5.03. The zero-order chi connectivity index (χ0) is 11.3. The Morgan fingerprint density at radius 3 is 2.33 bits per heavy atom. The van der Waals surface area contributed by atoms with Gasteiger partial charge in [0.2, 0.25) is 5.91 Å². The summed E-state index contributed by atoms with van der Waals surface area (Å²) in [5, 5.41) is 0.205. The van der Waals surface area contributed by atoms with Gasteiger partial charge in [0.05, 0.1) is 0 Å². The second-order valence-corrected chi connectivity index (χ2v) is 5.35. The van der Waals surface area contributed by atoms with Crippen molar-refractivity contribution in [2.75, 3.05) is 18.8 Å². The number of hydrogen-bond donors (Lipinski definition) is 0. The summed E-state index contributed by atoms with van der Waals surface area (Å²) in [5.74, 6) is 1.82. The molecule has 1 fully saturated rings. The fourth-order valence-corrected chi connectivity index (χ4v) is 2.64. The first kappa shape index (κ1) is 12.6. The topological polar surface area (TPSA) is 37.4 Å². The van der Waals surface area contributed by atoms with Gasteiger partial charge in [-0.15, -0.1) is 0 Å². The molecule has 1 heterocycles. The third-order valence-corrected chi connectivity index (χ3v) is 3.74. The minimum atomic E-state index is 0.187. The highest BCUT2D eigenvalue weighted by Crippen LogP contribution is 2.22. The van der Waals surface area contributed by atoms with E-state index >= 15 is 0 Å². The van der Waals surface area contributed by atoms with E-state index in [2.05, 4.69) is 0 Å². The average Bonchev–Trinajstić information content (AvgIpc) is 2.18. The van der Waals surface area contributed by atoms with Gasteiger partial charge < -0.3 is 4.90 Å². The van der Waals surface area contributed by atoms with Crippen LogP contribution in [0.2, 0.25) is 0 Å². The lowest BCUT2D eigenvalue weighted by Crippen LogP contribution is -2.37. The van der Waals surface area contributed by atoms with E-state index in [1.807, 2.05) is 4.90 Å². The average molecular weight is 229 g/mol. The highest BCUT2D eigenvalue weighted by atomic mass is 32.2. The van der Waals surface area contributed by atoms with Crippen LogP contribution in [0.25, 0.3) is 0 Å². The zero-order valence-electron chi connectivity index (χ0n) is 9.49. The molecule has 0 aliphatic carbocycles. The van der Waals surface area contributed by atoms with Crippen LogP contribution in [0.15, 0.2) is 0 Å². The van der Waals surface area contributed by atoms with Crippen molar-refractivity contribution in [3.63, 3.8) is 0 Å². The molecule has 0 saturated carbocycles. The van der Waals surface area contributed by atoms with Gasteiger partial charge in [-0.3, -0.25) is 9.59 Å². The number of amides is 1. The molecule has 15 heavy (non-hydrogen) atoms. The van der Waals surface area contributed by atoms with Gasteiger partial charge in [-0.1, -0.05) is 11.8 Å². The van der Waals surface area contributed by atoms with E-state index in [4.69, 9.17) is 0 Å². The summed E-state index contributed by atoms with van der Waals surface area (Å²) in [6.07, 6.45) is 3.30. The molecule has 0 spiro atoms. The van der Waals surface area contributed by atoms with Crippen LogP contribution in [0.1, 0.15) is 33.1 Å². The maximum atomic E-state index is 11.1. The van der Waals surface area contributed by atoms with E-state index in [0.29, 0.717) is 5.92 Å². The molecule has 3 nitrogen and oxygen atoms in total. The number of hydrogen-bond acceptors (Lipinski definition) is 3. The van der Waals surface area contributed by atoms with Gasteiger partial charge >= 0.3 is 0 Å². The van der Waals surface area contributed by atoms with Crippen LogP contribution in [-0.4, -0.2) is 34.8 Å². The van der Waals surface area contributed by atoms with Gasteiger partial charge in [0.25, 0.3) is 0 Å². The van der Waals surface area contributed by atoms with E-state index in [1.54, 1.807) is 13.8 Å². The first-order valence-corrected chi connectivity index (χ1v) is 6.47. The molecule has 0 aromatic carbocycles. The highest BCUT2D eigenvalue weighted by Gasteiger charge is 2.20. The fourth-order valence-electron chi connectivity index (χ4n) is 1.91. The van der Waals surface area contributed by atoms with Crippen molar-refractivity contribution in [2.24, 2.45) is 5.92 Å². The number of carbonyl (C=O) groups excluding carboxylic acids is 2. The molecule has 0 unspecified atom stereocenters. The quantitative estimate of drug-likeness (QED) is 0.742. The van der Waals surface area contributed by atoms with Crippen molar-refractivity contribution < 1.29 is 9.59 Å². The van der Waals surface area contributed by atoms with Crippen molar-refractivity contribution in [1.82, 2.24) is 4.90 Å². The summed E-state index contributed by atoms with van der Waals surface area (Å²) in [4.78, 5) is 23.7. The molecule has 1 aliphatic heterocycles. The molecular formula is C11H19NO2S. The van der Waals surface area contributed by atoms with Gasteiger partial charge in [-0.2, -0.15) is 0 Å². The van der Waals surface area contributed by atoms with Crippen molar-refractivity contribution >= 4 is 22.8 Å². The van der Waals surface area contributed by atoms with Crippen LogP contribution in [-0.2, 0) is 9.59 Å². The summed E-state index contributed by atoms with van der Waals surface area (Å²) in [6, 6.07) is 0. The molecule has 0 N–H and O–H groups in total. The molecule has 86 valence electrons. The maximum Gasteiger partial charge on any atom is 0.219 e. The van der Waals surface area contributed by atoms with Crippen LogP contribution in [0.3, 0.4) is 0 Å². The minimum absolute atomic E-state index is 0.187. The summed E-state index contributed by atoms with van der Waals surface area (Å²) < 4.78 is 0. The molecule has 1 aliphatic rings. The van der Waals surface area contributed by atoms with Crippen LogP contribution in [0.4, 0.5) is 0 Å². The first-order valence-electron chi connectivity index (χ1n) is 5.48. The lowest BCUT2D eigenvalue weighted by Gasteiger charge is -2.31. The van der Waals surface area contributed by atoms with Crippen LogP contribution < -0.4 is 0 Å². The second-order valence-electron chi connectivity index (χ2n) is 4.08. The number of nitrogens with zero attached hydrogens (tertiary/aromatic N) is 1. The zero-order valence-corrected chi connectivity index (χ0v) is 10.3. The number of thioether (sulfide) groups is 1. The van der Waals surface area contributed by atoms with Gasteiger partial charge in [-0.25, -0.2) is 0 Å². The van der Waals surface area contributed by atoms with Gasteiger partial charge in [0.1, 0.15) is 0 Å². The largest absolute Gasteiger partial charge is 0.343 e. The van der Waals surface area contributed by atoms with Crippen molar-refractivity contribution in [1.29, 1.82) is 0 Å². The number of rotatable bonds is 3. The third kappa shape index (κ3) is 4.69. The lowest BCUT2D eigenvalue weighted by molar-refractivity contribution is -0.130. The minimum Gasteiger partial charge on any atom is -0.343 e. The second kappa shape index (κ2) is 6.16. The molecule has 4 heteroatoms. The maximum absolute atomic E-state index is 11.1. The van der Waals surface area contributed by atoms with Crippen molar-refractivity contribution in [2.45, 2.75) is 33.1 Å². The monoisotopic (exact) mass is 229 g/mol. The number of likely N-dealkylation sites (tertiary alicyclic amines) is 1. The van der Waals surface area contributed by atoms with Gasteiger partial charge in [0, 0.05) is 32.7 Å². The molecule has 0 bridgehead atoms. The highest BCUT2D eigenvalue weighted by molar-refractivity contribution is 8.13. The molecule has 0 radical (unpaired) electrons. The molecule has 0 aromatic heterocycles. The Morgan fingerprint density at radius 1 is 1.27 bits per heavy atom. The molecule has 0 aromatic rings. The summed E-state index contributed by atoms with van der Waals surface area (Å²) in [7, 11) is 0. The molecule has 1 saturated heterocycles. The van der Waals surface area contributed by atoms with E-state index < -0.39 is 0 Å². The van der Waals surface area contributed by atoms with Crippen molar-refractivity contribution in [3.05, 3.63) is 0 Å². The van der Waals surface area contributed by atoms with E-state index in [-0.39, 0.29) is 11.0 Å². The van der Waals surface area contributed by atoms with E-state index in [9.17, 15) is 9.59 Å². The Kier molecular flexibility index (Phi) is 5.15. The Hall–Kier alpha value is -0.510. The number of carbonyl (C=O) groups is 2. The van der Waals surface area contributed by atoms with Crippen molar-refractivity contribution in [3.8, 4) is 0 Å². The normalized spacial score (nSPS) is 17.9. The van der Waals surface area contributed by atoms with Crippen LogP contribution >= 0.6 is 11.8 Å². The fraction of sp³-hybridized carbons (Fsp3) is 0.818. The van der Waals surface area contributed by atoms with Crippen LogP contribution in [0.5, 0.6) is 0 Å². The Balaban J connectivity index is 2.14. The van der Waals surface area contributed by atoms with E-state index in [1.165, 1.54) is 11.8 Å². The van der Waals surface area contributed by atoms with E-state index in [0.717, 1.165) is 38.1 Å². The summed E-state index contributed by atoms with van der Waals surface area (Å²) in [5.41, 5.74) is 0. The predicted molar refractivity (Wildman–Crippen MR) is 62.7 cm³/mol. The Labute approximate surface area is 95.6 Å². The van der Waals surface area contributed by atoms with Gasteiger partial charge in [-0.05, 0) is 25.2 Å². The Bertz CT molecular complexity index is 232. The predicted octanol–water partition coefficient (Wildman–Crippen LogP) is 1.91. The van der Waals surface area contributed by atoms with Gasteiger partial charge in [0.15, 0.2) is 5.12 Å². The lowest BCUT2D eigenvalue weighted by atomic mass is 9.94. The van der Waals surface area contributed by atoms with Crippen LogP contribution in [0, 0.1) is 5.92 Å². The number of piperidine rings is 1. The molecule has 0 atom stereocenters. The third-order valence-electron chi connectivity index (χ3n) is 2.89. The first-order chi connectivity index (χ1) is 7.09. The SMILES string of the molecule is CC(=O)SCCC1CCN(C(C)=O)CC1.